The summed E-state index contributed by atoms with van der Waals surface area (Å²) in [5, 5.41) is 4.88. The molecule has 0 aliphatic carbocycles. The van der Waals surface area contributed by atoms with Crippen LogP contribution < -0.4 is 20.6 Å². The molecule has 146 valence electrons. The number of benzene rings is 2. The lowest BCUT2D eigenvalue weighted by Crippen LogP contribution is -2.17. The van der Waals surface area contributed by atoms with Crippen LogP contribution in [0.3, 0.4) is 0 Å². The fraction of sp³-hybridized carbons (Fsp3) is 0.211. The first-order valence-electron chi connectivity index (χ1n) is 8.60. The van der Waals surface area contributed by atoms with E-state index in [9.17, 15) is 4.79 Å². The number of nitrogens with two attached hydrogens (primary N) is 1. The zero-order valence-corrected chi connectivity index (χ0v) is 16.9. The maximum atomic E-state index is 12.3. The maximum absolute atomic E-state index is 12.3. The van der Waals surface area contributed by atoms with Crippen LogP contribution in [0.15, 0.2) is 35.4 Å². The third kappa shape index (κ3) is 4.52. The number of hydrazone groups is 1. The highest BCUT2D eigenvalue weighted by molar-refractivity contribution is 7.22. The first kappa shape index (κ1) is 19.9. The van der Waals surface area contributed by atoms with Gasteiger partial charge in [0.1, 0.15) is 0 Å². The molecule has 0 saturated carbocycles. The van der Waals surface area contributed by atoms with Gasteiger partial charge >= 0.3 is 0 Å². The van der Waals surface area contributed by atoms with Crippen LogP contribution in [0, 0.1) is 0 Å². The van der Waals surface area contributed by atoms with Crippen molar-refractivity contribution in [2.75, 3.05) is 18.9 Å². The average Bonchev–Trinajstić information content (AvgIpc) is 3.03. The van der Waals surface area contributed by atoms with Gasteiger partial charge in [-0.25, -0.2) is 10.4 Å². The number of hydrogen-bond acceptors (Lipinski definition) is 7. The molecule has 0 aliphatic rings. The molecule has 7 nitrogen and oxygen atoms in total. The number of carbonyl (C=O) groups is 1. The number of fused-ring (bicyclic) bond motifs is 1. The number of hydrogen-bond donors (Lipinski definition) is 2. The Morgan fingerprint density at radius 3 is 2.82 bits per heavy atom. The molecule has 1 amide bonds. The highest BCUT2D eigenvalue weighted by Gasteiger charge is 2.12. The van der Waals surface area contributed by atoms with Crippen LogP contribution >= 0.6 is 22.9 Å². The third-order valence-electron chi connectivity index (χ3n) is 3.67. The van der Waals surface area contributed by atoms with Crippen molar-refractivity contribution in [1.29, 1.82) is 0 Å². The van der Waals surface area contributed by atoms with Gasteiger partial charge in [-0.1, -0.05) is 22.9 Å². The molecule has 0 unspecified atom stereocenters. The monoisotopic (exact) mass is 418 g/mol. The number of halogens is 1. The minimum atomic E-state index is -0.341. The molecule has 0 bridgehead atoms. The van der Waals surface area contributed by atoms with Crippen LogP contribution in [0.5, 0.6) is 11.5 Å². The fourth-order valence-corrected chi connectivity index (χ4v) is 3.57. The third-order valence-corrected chi connectivity index (χ3v) is 4.80. The second-order valence-electron chi connectivity index (χ2n) is 5.63. The number of amides is 1. The van der Waals surface area contributed by atoms with Gasteiger partial charge < -0.3 is 15.2 Å². The van der Waals surface area contributed by atoms with Crippen molar-refractivity contribution in [2.24, 2.45) is 5.10 Å². The van der Waals surface area contributed by atoms with Crippen molar-refractivity contribution >= 4 is 50.4 Å². The number of rotatable bonds is 7. The van der Waals surface area contributed by atoms with Crippen LogP contribution in [0.1, 0.15) is 29.8 Å². The molecule has 1 heterocycles. The van der Waals surface area contributed by atoms with Gasteiger partial charge in [-0.2, -0.15) is 5.10 Å². The van der Waals surface area contributed by atoms with Gasteiger partial charge in [-0.15, -0.1) is 0 Å². The summed E-state index contributed by atoms with van der Waals surface area (Å²) in [4.78, 5) is 16.5. The quantitative estimate of drug-likeness (QED) is 0.444. The largest absolute Gasteiger partial charge is 0.490 e. The van der Waals surface area contributed by atoms with E-state index in [1.54, 1.807) is 30.3 Å². The summed E-state index contributed by atoms with van der Waals surface area (Å²) >= 11 is 7.60. The lowest BCUT2D eigenvalue weighted by atomic mass is 10.2. The summed E-state index contributed by atoms with van der Waals surface area (Å²) in [5.74, 6) is 0.675. The van der Waals surface area contributed by atoms with Crippen molar-refractivity contribution in [3.05, 3.63) is 46.5 Å². The summed E-state index contributed by atoms with van der Waals surface area (Å²) in [5.41, 5.74) is 10.1. The minimum Gasteiger partial charge on any atom is -0.490 e. The van der Waals surface area contributed by atoms with Crippen LogP contribution in [0.25, 0.3) is 10.2 Å². The Bertz CT molecular complexity index is 1040. The number of nitrogen functional groups attached to an aromatic ring is 1. The number of ether oxygens (including phenoxy) is 2. The van der Waals surface area contributed by atoms with Gasteiger partial charge in [0.25, 0.3) is 5.91 Å². The molecule has 3 N–H and O–H groups in total. The van der Waals surface area contributed by atoms with Crippen molar-refractivity contribution < 1.29 is 14.3 Å². The van der Waals surface area contributed by atoms with Gasteiger partial charge in [0.05, 0.1) is 34.7 Å². The van der Waals surface area contributed by atoms with E-state index in [1.165, 1.54) is 17.6 Å². The van der Waals surface area contributed by atoms with Gasteiger partial charge in [-0.3, -0.25) is 4.79 Å². The zero-order chi connectivity index (χ0) is 20.1. The molecule has 28 heavy (non-hydrogen) atoms. The summed E-state index contributed by atoms with van der Waals surface area (Å²) in [6.07, 6.45) is 1.49. The summed E-state index contributed by atoms with van der Waals surface area (Å²) in [7, 11) is 0. The second kappa shape index (κ2) is 8.90. The Hall–Kier alpha value is -2.84. The zero-order valence-electron chi connectivity index (χ0n) is 15.4. The molecule has 0 radical (unpaired) electrons. The number of anilines is 1. The van der Waals surface area contributed by atoms with Gasteiger partial charge in [0, 0.05) is 5.56 Å². The first-order valence-corrected chi connectivity index (χ1v) is 9.79. The van der Waals surface area contributed by atoms with E-state index in [0.717, 1.165) is 10.2 Å². The Kier molecular flexibility index (Phi) is 6.33. The Morgan fingerprint density at radius 2 is 2.07 bits per heavy atom. The van der Waals surface area contributed by atoms with Crippen molar-refractivity contribution in [2.45, 2.75) is 13.8 Å². The second-order valence-corrected chi connectivity index (χ2v) is 7.10. The number of carbonyl (C=O) groups excluding carboxylic acids is 1. The molecule has 3 rings (SSSR count). The molecule has 9 heteroatoms. The van der Waals surface area contributed by atoms with Gasteiger partial charge in [0.15, 0.2) is 16.6 Å². The Labute approximate surface area is 171 Å². The van der Waals surface area contributed by atoms with Crippen molar-refractivity contribution in [3.8, 4) is 11.5 Å². The van der Waals surface area contributed by atoms with E-state index in [1.807, 2.05) is 13.8 Å². The van der Waals surface area contributed by atoms with Crippen LogP contribution in [0.4, 0.5) is 5.13 Å². The van der Waals surface area contributed by atoms with E-state index in [4.69, 9.17) is 26.8 Å². The number of nitrogens with zero attached hydrogens (tertiary/aromatic N) is 2. The lowest BCUT2D eigenvalue weighted by molar-refractivity contribution is 0.0955. The van der Waals surface area contributed by atoms with E-state index >= 15 is 0 Å². The lowest BCUT2D eigenvalue weighted by Gasteiger charge is -2.13. The minimum absolute atomic E-state index is 0.341. The highest BCUT2D eigenvalue weighted by atomic mass is 35.5. The molecule has 2 aromatic carbocycles. The molecule has 0 atom stereocenters. The summed E-state index contributed by atoms with van der Waals surface area (Å²) in [6, 6.07) is 8.60. The smallest absolute Gasteiger partial charge is 0.271 e. The van der Waals surface area contributed by atoms with Crippen LogP contribution in [0.2, 0.25) is 5.02 Å². The predicted octanol–water partition coefficient (Wildman–Crippen LogP) is 4.09. The van der Waals surface area contributed by atoms with Gasteiger partial charge in [0.2, 0.25) is 0 Å². The van der Waals surface area contributed by atoms with Crippen LogP contribution in [-0.4, -0.2) is 30.3 Å². The van der Waals surface area contributed by atoms with Gasteiger partial charge in [-0.05, 0) is 49.7 Å². The molecule has 0 saturated heterocycles. The van der Waals surface area contributed by atoms with E-state index < -0.39 is 0 Å². The predicted molar refractivity (Wildman–Crippen MR) is 113 cm³/mol. The molecule has 1 aromatic heterocycles. The number of nitrogens with one attached hydrogen (secondary N) is 1. The van der Waals surface area contributed by atoms with E-state index in [2.05, 4.69) is 15.5 Å². The standard InChI is InChI=1S/C19H19ClN4O3S/c1-3-26-15-8-11(7-13(20)17(15)27-4-2)10-22-24-18(25)12-5-6-14-16(9-12)28-19(21)23-14/h5-10H,3-4H2,1-2H3,(H2,21,23)(H,24,25)/b22-10-. The number of thiazole rings is 1. The Morgan fingerprint density at radius 1 is 1.29 bits per heavy atom. The Balaban J connectivity index is 1.74. The topological polar surface area (TPSA) is 98.8 Å². The summed E-state index contributed by atoms with van der Waals surface area (Å²) < 4.78 is 11.9. The highest BCUT2D eigenvalue weighted by Crippen LogP contribution is 2.36. The normalized spacial score (nSPS) is 11.1. The molecular weight excluding hydrogens is 400 g/mol. The SMILES string of the molecule is CCOc1cc(/C=N\NC(=O)c2ccc3nc(N)sc3c2)cc(Cl)c1OCC. The molecule has 0 aliphatic heterocycles. The molecule has 0 fully saturated rings. The maximum Gasteiger partial charge on any atom is 0.271 e. The van der Waals surface area contributed by atoms with Crippen LogP contribution in [-0.2, 0) is 0 Å². The first-order chi connectivity index (χ1) is 13.5. The molecule has 3 aromatic rings. The van der Waals surface area contributed by atoms with Crippen molar-refractivity contribution in [3.63, 3.8) is 0 Å². The fourth-order valence-electron chi connectivity index (χ4n) is 2.52. The van der Waals surface area contributed by atoms with E-state index in [-0.39, 0.29) is 5.91 Å². The number of aromatic nitrogens is 1. The van der Waals surface area contributed by atoms with Crippen molar-refractivity contribution in [1.82, 2.24) is 10.4 Å². The summed E-state index contributed by atoms with van der Waals surface area (Å²) in [6.45, 7) is 4.68. The molecule has 0 spiro atoms. The molecular formula is C19H19ClN4O3S. The van der Waals surface area contributed by atoms with E-state index in [0.29, 0.717) is 46.0 Å². The average molecular weight is 419 g/mol.